The van der Waals surface area contributed by atoms with E-state index < -0.39 is 34.4 Å². The van der Waals surface area contributed by atoms with E-state index in [1.165, 1.54) is 24.3 Å². The minimum Gasteiger partial charge on any atom is -0.481 e. The molecule has 1 aliphatic carbocycles. The number of ether oxygens (including phenoxy) is 2. The standard InChI is InChI=1S/C21H24N2O7.C9H16O2/c1-3-14-10-21(14,20(26)29-4-2)11-18(24)17-9-16(12-22-17)30-19(25)13-5-7-15(8-6-13)23(27)28;1-2-3-4-5-6-7-8-9(10)11/h3,5-8,14,16-17,22H,1,4,9-12H2,2H3;2H,1,3-8H2,(H,10,11)/t14-,16+,17+,21-;/m1./s1. The van der Waals surface area contributed by atoms with Gasteiger partial charge in [-0.2, -0.15) is 0 Å². The second kappa shape index (κ2) is 16.4. The van der Waals surface area contributed by atoms with Gasteiger partial charge in [-0.25, -0.2) is 4.79 Å². The summed E-state index contributed by atoms with van der Waals surface area (Å²) in [6, 6.07) is 4.61. The van der Waals surface area contributed by atoms with Crippen molar-refractivity contribution in [2.24, 2.45) is 11.3 Å². The molecule has 1 saturated heterocycles. The molecule has 224 valence electrons. The molecule has 1 aliphatic heterocycles. The topological polar surface area (TPSA) is 162 Å². The van der Waals surface area contributed by atoms with Crippen molar-refractivity contribution in [3.8, 4) is 0 Å². The number of nitrogens with zero attached hydrogens (tertiary/aromatic N) is 1. The number of carbonyl (C=O) groups excluding carboxylic acids is 3. The van der Waals surface area contributed by atoms with Gasteiger partial charge in [0, 0.05) is 37.9 Å². The van der Waals surface area contributed by atoms with Gasteiger partial charge in [0.1, 0.15) is 6.10 Å². The fraction of sp³-hybridized carbons (Fsp3) is 0.533. The smallest absolute Gasteiger partial charge is 0.338 e. The minimum atomic E-state index is -0.829. The zero-order valence-corrected chi connectivity index (χ0v) is 23.5. The molecule has 1 aromatic carbocycles. The van der Waals surface area contributed by atoms with Crippen molar-refractivity contribution in [1.29, 1.82) is 0 Å². The third-order valence-corrected chi connectivity index (χ3v) is 7.21. The lowest BCUT2D eigenvalue weighted by molar-refractivity contribution is -0.384. The van der Waals surface area contributed by atoms with Crippen molar-refractivity contribution >= 4 is 29.4 Å². The van der Waals surface area contributed by atoms with E-state index in [-0.39, 0.29) is 41.9 Å². The van der Waals surface area contributed by atoms with Crippen LogP contribution in [0.1, 0.15) is 75.1 Å². The average Bonchev–Trinajstić information content (AvgIpc) is 3.46. The van der Waals surface area contributed by atoms with Gasteiger partial charge in [0.15, 0.2) is 5.78 Å². The van der Waals surface area contributed by atoms with Crippen LogP contribution in [0, 0.1) is 21.4 Å². The van der Waals surface area contributed by atoms with Gasteiger partial charge in [-0.1, -0.05) is 25.0 Å². The van der Waals surface area contributed by atoms with Gasteiger partial charge in [-0.05, 0) is 50.7 Å². The van der Waals surface area contributed by atoms with E-state index >= 15 is 0 Å². The minimum absolute atomic E-state index is 0.0587. The van der Waals surface area contributed by atoms with Crippen molar-refractivity contribution in [2.45, 2.75) is 76.9 Å². The van der Waals surface area contributed by atoms with E-state index in [0.29, 0.717) is 25.8 Å². The van der Waals surface area contributed by atoms with E-state index in [0.717, 1.165) is 32.1 Å². The fourth-order valence-electron chi connectivity index (χ4n) is 4.76. The molecule has 4 atom stereocenters. The molecule has 3 rings (SSSR count). The highest BCUT2D eigenvalue weighted by molar-refractivity contribution is 5.93. The summed E-state index contributed by atoms with van der Waals surface area (Å²) in [6.45, 7) is 9.62. The first kappa shape index (κ1) is 33.3. The number of unbranched alkanes of at least 4 members (excludes halogenated alkanes) is 4. The van der Waals surface area contributed by atoms with Crippen molar-refractivity contribution in [3.63, 3.8) is 0 Å². The molecule has 0 spiro atoms. The van der Waals surface area contributed by atoms with Crippen LogP contribution in [-0.4, -0.2) is 59.0 Å². The summed E-state index contributed by atoms with van der Waals surface area (Å²) in [5.74, 6) is -1.86. The maximum atomic E-state index is 12.8. The summed E-state index contributed by atoms with van der Waals surface area (Å²) in [7, 11) is 0. The maximum Gasteiger partial charge on any atom is 0.338 e. The largest absolute Gasteiger partial charge is 0.481 e. The van der Waals surface area contributed by atoms with Crippen LogP contribution >= 0.6 is 0 Å². The fourth-order valence-corrected chi connectivity index (χ4v) is 4.76. The number of aliphatic carboxylic acids is 1. The molecule has 0 unspecified atom stereocenters. The van der Waals surface area contributed by atoms with Crippen LogP contribution in [0.5, 0.6) is 0 Å². The number of nitro groups is 1. The van der Waals surface area contributed by atoms with Crippen LogP contribution in [-0.2, 0) is 23.9 Å². The zero-order chi connectivity index (χ0) is 30.4. The average molecular weight is 573 g/mol. The zero-order valence-electron chi connectivity index (χ0n) is 23.5. The lowest BCUT2D eigenvalue weighted by Crippen LogP contribution is -2.35. The number of Topliss-reactive ketones (excluding diaryl/α,β-unsaturated/α-hetero) is 1. The Hall–Kier alpha value is -3.86. The maximum absolute atomic E-state index is 12.8. The van der Waals surface area contributed by atoms with Gasteiger partial charge in [0.2, 0.25) is 0 Å². The molecule has 11 heteroatoms. The number of allylic oxidation sites excluding steroid dienone is 2. The first-order valence-electron chi connectivity index (χ1n) is 13.9. The Bertz CT molecular complexity index is 1100. The monoisotopic (exact) mass is 572 g/mol. The van der Waals surface area contributed by atoms with E-state index in [1.807, 2.05) is 6.08 Å². The second-order valence-electron chi connectivity index (χ2n) is 10.2. The molecule has 0 bridgehead atoms. The van der Waals surface area contributed by atoms with Crippen LogP contribution in [0.2, 0.25) is 0 Å². The highest BCUT2D eigenvalue weighted by Crippen LogP contribution is 2.57. The molecule has 41 heavy (non-hydrogen) atoms. The van der Waals surface area contributed by atoms with Gasteiger partial charge < -0.3 is 19.9 Å². The van der Waals surface area contributed by atoms with Crippen LogP contribution in [0.3, 0.4) is 0 Å². The van der Waals surface area contributed by atoms with Gasteiger partial charge in [-0.3, -0.25) is 24.5 Å². The Kier molecular flexibility index (Phi) is 13.4. The second-order valence-corrected chi connectivity index (χ2v) is 10.2. The summed E-state index contributed by atoms with van der Waals surface area (Å²) >= 11 is 0. The number of rotatable bonds is 16. The van der Waals surface area contributed by atoms with E-state index in [9.17, 15) is 29.3 Å². The predicted octanol–water partition coefficient (Wildman–Crippen LogP) is 4.79. The van der Waals surface area contributed by atoms with Crippen LogP contribution < -0.4 is 5.32 Å². The highest BCUT2D eigenvalue weighted by Gasteiger charge is 2.61. The molecule has 0 aromatic heterocycles. The Labute approximate surface area is 240 Å². The van der Waals surface area contributed by atoms with Gasteiger partial charge >= 0.3 is 17.9 Å². The number of non-ortho nitro benzene ring substituents is 1. The van der Waals surface area contributed by atoms with Crippen molar-refractivity contribution < 1.29 is 38.7 Å². The van der Waals surface area contributed by atoms with Crippen molar-refractivity contribution in [3.05, 3.63) is 65.3 Å². The normalized spacial score (nSPS) is 22.4. The van der Waals surface area contributed by atoms with Crippen LogP contribution in [0.25, 0.3) is 0 Å². The number of hydrogen-bond acceptors (Lipinski definition) is 9. The number of esters is 2. The third-order valence-electron chi connectivity index (χ3n) is 7.21. The van der Waals surface area contributed by atoms with Crippen LogP contribution in [0.4, 0.5) is 5.69 Å². The number of nitro benzene ring substituents is 1. The Morgan fingerprint density at radius 1 is 1.15 bits per heavy atom. The van der Waals surface area contributed by atoms with Crippen LogP contribution in [0.15, 0.2) is 49.6 Å². The first-order valence-corrected chi connectivity index (χ1v) is 13.9. The molecule has 0 amide bonds. The number of benzene rings is 1. The molecule has 2 fully saturated rings. The molecule has 1 heterocycles. The number of carbonyl (C=O) groups is 4. The van der Waals surface area contributed by atoms with Crippen molar-refractivity contribution in [1.82, 2.24) is 5.32 Å². The third kappa shape index (κ3) is 10.2. The Morgan fingerprint density at radius 2 is 1.83 bits per heavy atom. The Balaban J connectivity index is 0.000000454. The first-order chi connectivity index (χ1) is 19.6. The number of carboxylic acid groups (broad SMARTS) is 1. The van der Waals surface area contributed by atoms with E-state index in [2.05, 4.69) is 18.5 Å². The lowest BCUT2D eigenvalue weighted by Gasteiger charge is -2.17. The van der Waals surface area contributed by atoms with Gasteiger partial charge in [0.05, 0.1) is 28.6 Å². The molecule has 1 saturated carbocycles. The molecule has 2 aliphatic rings. The molecule has 11 nitrogen and oxygen atoms in total. The van der Waals surface area contributed by atoms with E-state index in [1.54, 1.807) is 13.0 Å². The summed E-state index contributed by atoms with van der Waals surface area (Å²) in [4.78, 5) is 57.6. The molecular formula is C30H40N2O9. The summed E-state index contributed by atoms with van der Waals surface area (Å²) in [6.07, 6.45) is 9.45. The highest BCUT2D eigenvalue weighted by atomic mass is 16.6. The quantitative estimate of drug-likeness (QED) is 0.0925. The molecule has 0 radical (unpaired) electrons. The van der Waals surface area contributed by atoms with Crippen molar-refractivity contribution in [2.75, 3.05) is 13.2 Å². The molecule has 2 N–H and O–H groups in total. The number of carboxylic acids is 1. The lowest BCUT2D eigenvalue weighted by atomic mass is 9.92. The summed E-state index contributed by atoms with van der Waals surface area (Å²) < 4.78 is 10.6. The van der Waals surface area contributed by atoms with Gasteiger partial charge in [0.25, 0.3) is 5.69 Å². The summed E-state index contributed by atoms with van der Waals surface area (Å²) in [5, 5.41) is 22.0. The predicted molar refractivity (Wildman–Crippen MR) is 151 cm³/mol. The number of nitrogens with one attached hydrogen (secondary N) is 1. The number of hydrogen-bond donors (Lipinski definition) is 2. The summed E-state index contributed by atoms with van der Waals surface area (Å²) in [5.41, 5.74) is -0.749. The molecular weight excluding hydrogens is 532 g/mol. The Morgan fingerprint density at radius 3 is 2.39 bits per heavy atom. The SMILES string of the molecule is C=CCCCCCCC(=O)O.C=C[C@@H]1C[C@]1(CC(=O)[C@@H]1C[C@H](OC(=O)c2ccc([N+](=O)[O-])cc2)CN1)C(=O)OCC. The van der Waals surface area contributed by atoms with Gasteiger partial charge in [-0.15, -0.1) is 13.2 Å². The number of ketones is 1. The molecule has 1 aromatic rings. The van der Waals surface area contributed by atoms with E-state index in [4.69, 9.17) is 14.6 Å².